The Morgan fingerprint density at radius 1 is 1.10 bits per heavy atom. The van der Waals surface area contributed by atoms with E-state index in [1.807, 2.05) is 12.1 Å². The van der Waals surface area contributed by atoms with E-state index in [4.69, 9.17) is 5.26 Å². The Hall–Kier alpha value is -1.40. The Morgan fingerprint density at radius 3 is 2.29 bits per heavy atom. The van der Waals surface area contributed by atoms with Crippen molar-refractivity contribution in [3.05, 3.63) is 35.6 Å². The SMILES string of the molecule is N#CCCC1(c2ccc(F)cc2)CCC(NC2CC2)CC1. The van der Waals surface area contributed by atoms with E-state index in [2.05, 4.69) is 11.4 Å². The minimum Gasteiger partial charge on any atom is -0.311 e. The first-order chi connectivity index (χ1) is 10.2. The summed E-state index contributed by atoms with van der Waals surface area (Å²) in [5, 5.41) is 12.7. The first-order valence-electron chi connectivity index (χ1n) is 8.11. The number of rotatable bonds is 5. The maximum absolute atomic E-state index is 13.2. The molecule has 2 aliphatic carbocycles. The first kappa shape index (κ1) is 14.5. The number of halogens is 1. The fraction of sp³-hybridized carbons (Fsp3) is 0.611. The summed E-state index contributed by atoms with van der Waals surface area (Å²) in [6, 6.07) is 10.6. The lowest BCUT2D eigenvalue weighted by Crippen LogP contribution is -2.40. The van der Waals surface area contributed by atoms with Crippen LogP contribution in [0.1, 0.15) is 56.9 Å². The summed E-state index contributed by atoms with van der Waals surface area (Å²) in [6.45, 7) is 0. The number of benzene rings is 1. The fourth-order valence-corrected chi connectivity index (χ4v) is 3.70. The molecule has 0 aliphatic heterocycles. The minimum absolute atomic E-state index is 0.0746. The molecule has 3 rings (SSSR count). The number of hydrogen-bond donors (Lipinski definition) is 1. The summed E-state index contributed by atoms with van der Waals surface area (Å²) in [5.74, 6) is -0.182. The van der Waals surface area contributed by atoms with E-state index >= 15 is 0 Å². The van der Waals surface area contributed by atoms with Crippen LogP contribution in [0.2, 0.25) is 0 Å². The fourth-order valence-electron chi connectivity index (χ4n) is 3.70. The maximum atomic E-state index is 13.2. The van der Waals surface area contributed by atoms with Crippen LogP contribution in [-0.4, -0.2) is 12.1 Å². The molecule has 3 heteroatoms. The number of nitrogens with zero attached hydrogens (tertiary/aromatic N) is 1. The highest BCUT2D eigenvalue weighted by Crippen LogP contribution is 2.43. The van der Waals surface area contributed by atoms with Crippen LogP contribution in [0.15, 0.2) is 24.3 Å². The third kappa shape index (κ3) is 3.44. The molecule has 0 heterocycles. The van der Waals surface area contributed by atoms with Gasteiger partial charge in [-0.05, 0) is 68.1 Å². The number of hydrogen-bond acceptors (Lipinski definition) is 2. The van der Waals surface area contributed by atoms with Crippen LogP contribution in [0, 0.1) is 17.1 Å². The van der Waals surface area contributed by atoms with E-state index in [0.29, 0.717) is 12.5 Å². The van der Waals surface area contributed by atoms with E-state index in [0.717, 1.165) is 25.3 Å². The summed E-state index contributed by atoms with van der Waals surface area (Å²) in [5.41, 5.74) is 1.29. The van der Waals surface area contributed by atoms with Crippen molar-refractivity contribution >= 4 is 0 Å². The largest absolute Gasteiger partial charge is 0.311 e. The van der Waals surface area contributed by atoms with Gasteiger partial charge in [-0.3, -0.25) is 0 Å². The second-order valence-corrected chi connectivity index (χ2v) is 6.66. The van der Waals surface area contributed by atoms with Crippen molar-refractivity contribution in [3.8, 4) is 6.07 Å². The van der Waals surface area contributed by atoms with Crippen molar-refractivity contribution in [2.45, 2.75) is 68.9 Å². The van der Waals surface area contributed by atoms with Gasteiger partial charge in [-0.15, -0.1) is 0 Å². The molecule has 0 saturated heterocycles. The summed E-state index contributed by atoms with van der Waals surface area (Å²) in [4.78, 5) is 0. The molecule has 0 unspecified atom stereocenters. The maximum Gasteiger partial charge on any atom is 0.123 e. The average molecular weight is 286 g/mol. The van der Waals surface area contributed by atoms with E-state index < -0.39 is 0 Å². The summed E-state index contributed by atoms with van der Waals surface area (Å²) in [7, 11) is 0. The van der Waals surface area contributed by atoms with Crippen molar-refractivity contribution in [2.75, 3.05) is 0 Å². The molecule has 1 aromatic carbocycles. The first-order valence-corrected chi connectivity index (χ1v) is 8.11. The van der Waals surface area contributed by atoms with Gasteiger partial charge in [0.2, 0.25) is 0 Å². The van der Waals surface area contributed by atoms with E-state index in [1.54, 1.807) is 12.1 Å². The predicted molar refractivity (Wildman–Crippen MR) is 81.3 cm³/mol. The molecule has 2 fully saturated rings. The van der Waals surface area contributed by atoms with Crippen LogP contribution in [0.4, 0.5) is 4.39 Å². The molecule has 1 aromatic rings. The zero-order chi connectivity index (χ0) is 14.7. The summed E-state index contributed by atoms with van der Waals surface area (Å²) < 4.78 is 13.2. The van der Waals surface area contributed by atoms with Gasteiger partial charge in [0.25, 0.3) is 0 Å². The smallest absolute Gasteiger partial charge is 0.123 e. The van der Waals surface area contributed by atoms with Crippen LogP contribution >= 0.6 is 0 Å². The lowest BCUT2D eigenvalue weighted by Gasteiger charge is -2.41. The monoisotopic (exact) mass is 286 g/mol. The summed E-state index contributed by atoms with van der Waals surface area (Å²) >= 11 is 0. The van der Waals surface area contributed by atoms with Crippen LogP contribution in [0.5, 0.6) is 0 Å². The molecule has 0 amide bonds. The van der Waals surface area contributed by atoms with Gasteiger partial charge in [-0.1, -0.05) is 12.1 Å². The molecule has 0 radical (unpaired) electrons. The highest BCUT2D eigenvalue weighted by atomic mass is 19.1. The van der Waals surface area contributed by atoms with Gasteiger partial charge >= 0.3 is 0 Å². The van der Waals surface area contributed by atoms with Gasteiger partial charge in [0.1, 0.15) is 5.82 Å². The molecule has 0 atom stereocenters. The van der Waals surface area contributed by atoms with Gasteiger partial charge in [0, 0.05) is 18.5 Å². The Balaban J connectivity index is 1.71. The Morgan fingerprint density at radius 2 is 1.71 bits per heavy atom. The zero-order valence-electron chi connectivity index (χ0n) is 12.4. The van der Waals surface area contributed by atoms with Crippen LogP contribution < -0.4 is 5.32 Å². The molecule has 0 spiro atoms. The molecule has 0 aromatic heterocycles. The van der Waals surface area contributed by atoms with Crippen molar-refractivity contribution in [1.82, 2.24) is 5.32 Å². The van der Waals surface area contributed by atoms with Gasteiger partial charge < -0.3 is 5.32 Å². The van der Waals surface area contributed by atoms with E-state index in [1.165, 1.54) is 31.2 Å². The number of nitriles is 1. The average Bonchev–Trinajstić information content (AvgIpc) is 3.32. The highest BCUT2D eigenvalue weighted by Gasteiger charge is 2.37. The Labute approximate surface area is 126 Å². The molecular formula is C18H23FN2. The zero-order valence-corrected chi connectivity index (χ0v) is 12.4. The molecular weight excluding hydrogens is 263 g/mol. The molecule has 0 bridgehead atoms. The normalized spacial score (nSPS) is 29.0. The standard InChI is InChI=1S/C18H23FN2/c19-15-4-2-14(3-5-15)18(10-1-13-20)11-8-17(9-12-18)21-16-6-7-16/h2-5,16-17,21H,1,6-12H2. The van der Waals surface area contributed by atoms with Crippen molar-refractivity contribution in [3.63, 3.8) is 0 Å². The van der Waals surface area contributed by atoms with Crippen LogP contribution in [-0.2, 0) is 5.41 Å². The third-order valence-electron chi connectivity index (χ3n) is 5.16. The van der Waals surface area contributed by atoms with Gasteiger partial charge in [-0.2, -0.15) is 5.26 Å². The molecule has 112 valence electrons. The lowest BCUT2D eigenvalue weighted by molar-refractivity contribution is 0.233. The topological polar surface area (TPSA) is 35.8 Å². The molecule has 1 N–H and O–H groups in total. The van der Waals surface area contributed by atoms with E-state index in [-0.39, 0.29) is 11.2 Å². The molecule has 2 saturated carbocycles. The van der Waals surface area contributed by atoms with Crippen molar-refractivity contribution < 1.29 is 4.39 Å². The highest BCUT2D eigenvalue weighted by molar-refractivity contribution is 5.27. The van der Waals surface area contributed by atoms with Crippen LogP contribution in [0.3, 0.4) is 0 Å². The second kappa shape index (κ2) is 6.15. The summed E-state index contributed by atoms with van der Waals surface area (Å²) in [6.07, 6.45) is 8.67. The Bertz CT molecular complexity index is 505. The van der Waals surface area contributed by atoms with Crippen molar-refractivity contribution in [1.29, 1.82) is 5.26 Å². The lowest BCUT2D eigenvalue weighted by atomic mass is 9.66. The second-order valence-electron chi connectivity index (χ2n) is 6.66. The molecule has 21 heavy (non-hydrogen) atoms. The van der Waals surface area contributed by atoms with Crippen LogP contribution in [0.25, 0.3) is 0 Å². The molecule has 2 nitrogen and oxygen atoms in total. The van der Waals surface area contributed by atoms with E-state index in [9.17, 15) is 4.39 Å². The Kier molecular flexibility index (Phi) is 4.26. The number of nitrogens with one attached hydrogen (secondary N) is 1. The predicted octanol–water partition coefficient (Wildman–Crippen LogP) is 4.06. The third-order valence-corrected chi connectivity index (χ3v) is 5.16. The van der Waals surface area contributed by atoms with Gasteiger partial charge in [0.05, 0.1) is 6.07 Å². The van der Waals surface area contributed by atoms with Gasteiger partial charge in [0.15, 0.2) is 0 Å². The minimum atomic E-state index is -0.182. The van der Waals surface area contributed by atoms with Gasteiger partial charge in [-0.25, -0.2) is 4.39 Å². The van der Waals surface area contributed by atoms with Crippen molar-refractivity contribution in [2.24, 2.45) is 0 Å². The molecule has 2 aliphatic rings. The quantitative estimate of drug-likeness (QED) is 0.886.